The summed E-state index contributed by atoms with van der Waals surface area (Å²) in [6.45, 7) is 0. The molecule has 0 amide bonds. The van der Waals surface area contributed by atoms with Crippen LogP contribution in [0.25, 0.3) is 0 Å². The van der Waals surface area contributed by atoms with Gasteiger partial charge >= 0.3 is 0 Å². The van der Waals surface area contributed by atoms with E-state index in [2.05, 4.69) is 0 Å². The summed E-state index contributed by atoms with van der Waals surface area (Å²) < 4.78 is 19.0. The Bertz CT molecular complexity index is 700. The molecule has 0 spiro atoms. The molecule has 20 heavy (non-hydrogen) atoms. The van der Waals surface area contributed by atoms with Crippen LogP contribution in [0, 0.1) is 5.82 Å². The molecule has 1 aliphatic rings. The van der Waals surface area contributed by atoms with E-state index in [0.29, 0.717) is 21.2 Å². The second kappa shape index (κ2) is 5.08. The zero-order chi connectivity index (χ0) is 14.3. The quantitative estimate of drug-likeness (QED) is 0.753. The fourth-order valence-electron chi connectivity index (χ4n) is 2.24. The molecule has 0 fully saturated rings. The van der Waals surface area contributed by atoms with Crippen LogP contribution in [0.4, 0.5) is 4.39 Å². The molecule has 102 valence electrons. The number of fused-ring (bicyclic) bond motifs is 1. The maximum atomic E-state index is 13.3. The molecule has 1 heterocycles. The van der Waals surface area contributed by atoms with Crippen LogP contribution in [-0.4, -0.2) is 5.78 Å². The second-order valence-corrected chi connectivity index (χ2v) is 5.30. The molecular weight excluding hydrogens is 302 g/mol. The Morgan fingerprint density at radius 2 is 2.00 bits per heavy atom. The van der Waals surface area contributed by atoms with Gasteiger partial charge in [0, 0.05) is 11.6 Å². The number of halogens is 3. The highest BCUT2D eigenvalue weighted by Gasteiger charge is 2.29. The highest BCUT2D eigenvalue weighted by Crippen LogP contribution is 2.39. The molecule has 0 saturated carbocycles. The normalized spacial score (nSPS) is 17.6. The standard InChI is InChI=1S/C15H9Cl2FO2/c16-11-3-1-2-10(15(11)17)14-7-12(19)9-5-4-8(18)6-13(9)20-14/h1-6,14H,7H2. The van der Waals surface area contributed by atoms with Gasteiger partial charge in [0.15, 0.2) is 5.78 Å². The van der Waals surface area contributed by atoms with Crippen molar-refractivity contribution in [2.75, 3.05) is 0 Å². The molecule has 5 heteroatoms. The topological polar surface area (TPSA) is 26.3 Å². The zero-order valence-corrected chi connectivity index (χ0v) is 11.7. The Labute approximate surface area is 125 Å². The first-order valence-electron chi connectivity index (χ1n) is 5.99. The van der Waals surface area contributed by atoms with E-state index in [1.807, 2.05) is 0 Å². The molecular formula is C15H9Cl2FO2. The maximum Gasteiger partial charge on any atom is 0.170 e. The third-order valence-electron chi connectivity index (χ3n) is 3.21. The van der Waals surface area contributed by atoms with Crippen molar-refractivity contribution in [2.24, 2.45) is 0 Å². The van der Waals surface area contributed by atoms with E-state index in [1.54, 1.807) is 18.2 Å². The van der Waals surface area contributed by atoms with Crippen LogP contribution in [0.2, 0.25) is 10.0 Å². The van der Waals surface area contributed by atoms with E-state index in [1.165, 1.54) is 18.2 Å². The highest BCUT2D eigenvalue weighted by atomic mass is 35.5. The zero-order valence-electron chi connectivity index (χ0n) is 10.2. The molecule has 0 aromatic heterocycles. The molecule has 3 rings (SSSR count). The lowest BCUT2D eigenvalue weighted by Gasteiger charge is -2.26. The number of carbonyl (C=O) groups is 1. The van der Waals surface area contributed by atoms with Gasteiger partial charge in [-0.3, -0.25) is 4.79 Å². The number of ether oxygens (including phenoxy) is 1. The number of hydrogen-bond donors (Lipinski definition) is 0. The van der Waals surface area contributed by atoms with E-state index in [4.69, 9.17) is 27.9 Å². The number of carbonyl (C=O) groups excluding carboxylic acids is 1. The van der Waals surface area contributed by atoms with Gasteiger partial charge in [0.05, 0.1) is 22.0 Å². The Balaban J connectivity index is 2.03. The summed E-state index contributed by atoms with van der Waals surface area (Å²) in [5.74, 6) is -0.316. The lowest BCUT2D eigenvalue weighted by molar-refractivity contribution is 0.0849. The number of hydrogen-bond acceptors (Lipinski definition) is 2. The first-order valence-corrected chi connectivity index (χ1v) is 6.75. The van der Waals surface area contributed by atoms with Crippen LogP contribution in [0.3, 0.4) is 0 Å². The van der Waals surface area contributed by atoms with Gasteiger partial charge in [-0.15, -0.1) is 0 Å². The van der Waals surface area contributed by atoms with Gasteiger partial charge < -0.3 is 4.74 Å². The molecule has 0 aliphatic carbocycles. The van der Waals surface area contributed by atoms with Crippen LogP contribution >= 0.6 is 23.2 Å². The molecule has 2 aromatic rings. The molecule has 0 radical (unpaired) electrons. The van der Waals surface area contributed by atoms with Crippen LogP contribution in [0.5, 0.6) is 5.75 Å². The number of ketones is 1. The molecule has 2 nitrogen and oxygen atoms in total. The molecule has 0 N–H and O–H groups in total. The van der Waals surface area contributed by atoms with E-state index in [-0.39, 0.29) is 18.0 Å². The minimum Gasteiger partial charge on any atom is -0.484 e. The van der Waals surface area contributed by atoms with Crippen molar-refractivity contribution in [1.82, 2.24) is 0 Å². The smallest absolute Gasteiger partial charge is 0.170 e. The number of rotatable bonds is 1. The van der Waals surface area contributed by atoms with Gasteiger partial charge in [-0.1, -0.05) is 35.3 Å². The van der Waals surface area contributed by atoms with Crippen molar-refractivity contribution in [3.63, 3.8) is 0 Å². The van der Waals surface area contributed by atoms with E-state index >= 15 is 0 Å². The first-order chi connectivity index (χ1) is 9.56. The number of benzene rings is 2. The van der Waals surface area contributed by atoms with Crippen LogP contribution < -0.4 is 4.74 Å². The summed E-state index contributed by atoms with van der Waals surface area (Å²) in [4.78, 5) is 12.1. The second-order valence-electron chi connectivity index (χ2n) is 4.52. The third-order valence-corrected chi connectivity index (χ3v) is 4.05. The highest BCUT2D eigenvalue weighted by molar-refractivity contribution is 6.42. The lowest BCUT2D eigenvalue weighted by atomic mass is 9.96. The monoisotopic (exact) mass is 310 g/mol. The van der Waals surface area contributed by atoms with Gasteiger partial charge in [-0.2, -0.15) is 0 Å². The Kier molecular flexibility index (Phi) is 3.40. The Morgan fingerprint density at radius 3 is 2.80 bits per heavy atom. The number of Topliss-reactive ketones (excluding diaryl/α,β-unsaturated/α-hetero) is 1. The van der Waals surface area contributed by atoms with E-state index in [0.717, 1.165) is 0 Å². The predicted octanol–water partition coefficient (Wildman–Crippen LogP) is 4.84. The molecule has 2 aromatic carbocycles. The van der Waals surface area contributed by atoms with Gasteiger partial charge in [0.25, 0.3) is 0 Å². The van der Waals surface area contributed by atoms with Crippen molar-refractivity contribution in [1.29, 1.82) is 0 Å². The van der Waals surface area contributed by atoms with Crippen LogP contribution in [0.15, 0.2) is 36.4 Å². The first kappa shape index (κ1) is 13.4. The SMILES string of the molecule is O=C1CC(c2cccc(Cl)c2Cl)Oc2cc(F)ccc21. The van der Waals surface area contributed by atoms with Crippen molar-refractivity contribution >= 4 is 29.0 Å². The largest absolute Gasteiger partial charge is 0.484 e. The summed E-state index contributed by atoms with van der Waals surface area (Å²) in [5.41, 5.74) is 1.02. The van der Waals surface area contributed by atoms with Gasteiger partial charge in [0.2, 0.25) is 0 Å². The van der Waals surface area contributed by atoms with E-state index < -0.39 is 11.9 Å². The predicted molar refractivity (Wildman–Crippen MR) is 75.2 cm³/mol. The van der Waals surface area contributed by atoms with E-state index in [9.17, 15) is 9.18 Å². The van der Waals surface area contributed by atoms with Gasteiger partial charge in [0.1, 0.15) is 17.7 Å². The molecule has 0 bridgehead atoms. The fourth-order valence-corrected chi connectivity index (χ4v) is 2.67. The van der Waals surface area contributed by atoms with Crippen molar-refractivity contribution in [3.8, 4) is 5.75 Å². The molecule has 1 unspecified atom stereocenters. The van der Waals surface area contributed by atoms with Crippen molar-refractivity contribution in [3.05, 3.63) is 63.4 Å². The minimum atomic E-state index is -0.553. The van der Waals surface area contributed by atoms with Crippen molar-refractivity contribution in [2.45, 2.75) is 12.5 Å². The van der Waals surface area contributed by atoms with Gasteiger partial charge in [-0.25, -0.2) is 4.39 Å². The third kappa shape index (κ3) is 2.28. The fraction of sp³-hybridized carbons (Fsp3) is 0.133. The molecule has 1 atom stereocenters. The summed E-state index contributed by atoms with van der Waals surface area (Å²) in [7, 11) is 0. The lowest BCUT2D eigenvalue weighted by Crippen LogP contribution is -2.20. The van der Waals surface area contributed by atoms with Crippen LogP contribution in [-0.2, 0) is 0 Å². The Hall–Kier alpha value is -1.58. The summed E-state index contributed by atoms with van der Waals surface area (Å²) in [6, 6.07) is 9.02. The molecule has 0 saturated heterocycles. The Morgan fingerprint density at radius 1 is 1.20 bits per heavy atom. The average Bonchev–Trinajstić information content (AvgIpc) is 2.41. The van der Waals surface area contributed by atoms with Crippen molar-refractivity contribution < 1.29 is 13.9 Å². The summed E-state index contributed by atoms with van der Waals surface area (Å²) in [5, 5.41) is 0.747. The van der Waals surface area contributed by atoms with Crippen LogP contribution in [0.1, 0.15) is 28.4 Å². The molecule has 1 aliphatic heterocycles. The minimum absolute atomic E-state index is 0.104. The average molecular weight is 311 g/mol. The summed E-state index contributed by atoms with van der Waals surface area (Å²) >= 11 is 12.1. The summed E-state index contributed by atoms with van der Waals surface area (Å²) in [6.07, 6.45) is -0.401. The van der Waals surface area contributed by atoms with Gasteiger partial charge in [-0.05, 0) is 18.2 Å². The maximum absolute atomic E-state index is 13.3.